The second kappa shape index (κ2) is 12.9. The Balaban J connectivity index is 1.07. The second-order valence-corrected chi connectivity index (χ2v) is 15.0. The number of hydrogen-bond acceptors (Lipinski definition) is 3. The lowest BCUT2D eigenvalue weighted by Gasteiger charge is -2.28. The van der Waals surface area contributed by atoms with Gasteiger partial charge in [-0.05, 0) is 119 Å². The predicted octanol–water partition coefficient (Wildman–Crippen LogP) is 15.3. The molecule has 3 heterocycles. The third-order valence-electron chi connectivity index (χ3n) is 11.6. The van der Waals surface area contributed by atoms with Crippen molar-refractivity contribution in [3.05, 3.63) is 212 Å². The van der Waals surface area contributed by atoms with Crippen molar-refractivity contribution >= 4 is 77.9 Å². The van der Waals surface area contributed by atoms with Crippen molar-refractivity contribution < 1.29 is 4.42 Å². The minimum atomic E-state index is 0.869. The van der Waals surface area contributed by atoms with Gasteiger partial charge >= 0.3 is 0 Å². The Morgan fingerprint density at radius 2 is 0.690 bits per heavy atom. The number of fused-ring (bicyclic) bond motifs is 16. The standard InChI is InChI=1S/C54H35N3O/c1-2-16-40(17-3-1)57-51-24-6-4-22-47(51)48-28-26-45(34-52(48)57)55-41-18-8-12-36(30-41)38-14-10-20-43(32-38)56(44-21-11-15-39(33-44)37-13-9-19-42(55)31-37)46-27-29-50-49-23-5-7-25-53(49)58-54(50)35-46/h1-35H. The second-order valence-electron chi connectivity index (χ2n) is 15.0. The highest BCUT2D eigenvalue weighted by Gasteiger charge is 2.21. The highest BCUT2D eigenvalue weighted by Crippen LogP contribution is 2.44. The molecule has 272 valence electrons. The first-order valence-corrected chi connectivity index (χ1v) is 19.7. The average molecular weight is 742 g/mol. The van der Waals surface area contributed by atoms with E-state index in [-0.39, 0.29) is 0 Å². The molecule has 8 bridgehead atoms. The lowest BCUT2D eigenvalue weighted by molar-refractivity contribution is 0.669. The Morgan fingerprint density at radius 1 is 0.259 bits per heavy atom. The smallest absolute Gasteiger partial charge is 0.137 e. The minimum absolute atomic E-state index is 0.869. The van der Waals surface area contributed by atoms with Gasteiger partial charge in [0.2, 0.25) is 0 Å². The van der Waals surface area contributed by atoms with Crippen molar-refractivity contribution in [2.45, 2.75) is 0 Å². The maximum Gasteiger partial charge on any atom is 0.137 e. The number of aromatic nitrogens is 1. The Labute approximate surface area is 335 Å². The van der Waals surface area contributed by atoms with Gasteiger partial charge in [0.1, 0.15) is 11.2 Å². The van der Waals surface area contributed by atoms with Crippen LogP contribution in [0, 0.1) is 0 Å². The molecule has 1 aliphatic heterocycles. The molecule has 0 aliphatic carbocycles. The van der Waals surface area contributed by atoms with Crippen LogP contribution in [0.15, 0.2) is 217 Å². The van der Waals surface area contributed by atoms with Crippen LogP contribution in [-0.2, 0) is 0 Å². The maximum atomic E-state index is 6.40. The Bertz CT molecular complexity index is 3280. The van der Waals surface area contributed by atoms with Crippen molar-refractivity contribution in [3.8, 4) is 27.9 Å². The number of rotatable bonds is 3. The summed E-state index contributed by atoms with van der Waals surface area (Å²) in [4.78, 5) is 4.74. The largest absolute Gasteiger partial charge is 0.456 e. The summed E-state index contributed by atoms with van der Waals surface area (Å²) in [5.41, 5.74) is 16.2. The molecule has 9 aromatic carbocycles. The lowest BCUT2D eigenvalue weighted by atomic mass is 10.00. The molecule has 2 aromatic heterocycles. The van der Waals surface area contributed by atoms with Gasteiger partial charge in [0, 0.05) is 67.4 Å². The van der Waals surface area contributed by atoms with Crippen molar-refractivity contribution in [1.29, 1.82) is 0 Å². The first kappa shape index (κ1) is 32.4. The van der Waals surface area contributed by atoms with Crippen LogP contribution in [0.5, 0.6) is 0 Å². The number of nitrogens with zero attached hydrogens (tertiary/aromatic N) is 3. The number of furan rings is 1. The van der Waals surface area contributed by atoms with Crippen molar-refractivity contribution in [2.75, 3.05) is 9.80 Å². The van der Waals surface area contributed by atoms with Gasteiger partial charge in [-0.25, -0.2) is 0 Å². The Hall–Kier alpha value is -7.82. The van der Waals surface area contributed by atoms with Crippen LogP contribution in [0.25, 0.3) is 71.7 Å². The summed E-state index contributed by atoms with van der Waals surface area (Å²) in [7, 11) is 0. The number of hydrogen-bond donors (Lipinski definition) is 0. The SMILES string of the molecule is c1ccc(-n2c3ccccc3c3ccc(N4c5cccc(c5)-c5cccc(c5)N(c5ccc6c(c5)oc5ccccc56)c5cccc(c5)-c5cccc4c5)cc32)cc1. The topological polar surface area (TPSA) is 24.6 Å². The summed E-state index contributed by atoms with van der Waals surface area (Å²) >= 11 is 0. The lowest BCUT2D eigenvalue weighted by Crippen LogP contribution is -2.11. The van der Waals surface area contributed by atoms with Crippen LogP contribution in [0.2, 0.25) is 0 Å². The van der Waals surface area contributed by atoms with E-state index >= 15 is 0 Å². The molecule has 11 aromatic rings. The fourth-order valence-electron chi connectivity index (χ4n) is 9.00. The molecule has 0 N–H and O–H groups in total. The summed E-state index contributed by atoms with van der Waals surface area (Å²) in [5, 5.41) is 4.71. The molecule has 4 heteroatoms. The third-order valence-corrected chi connectivity index (χ3v) is 11.6. The predicted molar refractivity (Wildman–Crippen MR) is 242 cm³/mol. The third kappa shape index (κ3) is 5.16. The molecule has 0 spiro atoms. The highest BCUT2D eigenvalue weighted by molar-refractivity contribution is 6.10. The fourth-order valence-corrected chi connectivity index (χ4v) is 9.00. The van der Waals surface area contributed by atoms with Gasteiger partial charge in [-0.3, -0.25) is 0 Å². The highest BCUT2D eigenvalue weighted by atomic mass is 16.3. The van der Waals surface area contributed by atoms with Gasteiger partial charge in [0.05, 0.1) is 11.0 Å². The summed E-state index contributed by atoms with van der Waals surface area (Å²) in [6.07, 6.45) is 0. The van der Waals surface area contributed by atoms with Crippen molar-refractivity contribution in [3.63, 3.8) is 0 Å². The summed E-state index contributed by atoms with van der Waals surface area (Å²) in [6.45, 7) is 0. The van der Waals surface area contributed by atoms with Gasteiger partial charge in [-0.1, -0.05) is 109 Å². The molecule has 0 saturated carbocycles. The Kier molecular flexibility index (Phi) is 7.20. The first-order chi connectivity index (χ1) is 28.7. The van der Waals surface area contributed by atoms with Crippen LogP contribution < -0.4 is 9.80 Å². The van der Waals surface area contributed by atoms with Gasteiger partial charge in [-0.15, -0.1) is 0 Å². The van der Waals surface area contributed by atoms with Gasteiger partial charge in [-0.2, -0.15) is 0 Å². The van der Waals surface area contributed by atoms with Crippen molar-refractivity contribution in [2.24, 2.45) is 0 Å². The number of anilines is 6. The van der Waals surface area contributed by atoms with Crippen molar-refractivity contribution in [1.82, 2.24) is 4.57 Å². The molecule has 1 aliphatic rings. The first-order valence-electron chi connectivity index (χ1n) is 19.7. The van der Waals surface area contributed by atoms with Crippen LogP contribution in [0.1, 0.15) is 0 Å². The number of benzene rings is 9. The van der Waals surface area contributed by atoms with E-state index in [2.05, 4.69) is 215 Å². The van der Waals surface area contributed by atoms with Gasteiger partial charge < -0.3 is 18.8 Å². The minimum Gasteiger partial charge on any atom is -0.456 e. The van der Waals surface area contributed by atoms with Crippen LogP contribution in [-0.4, -0.2) is 4.57 Å². The van der Waals surface area contributed by atoms with E-state index in [1.165, 1.54) is 16.3 Å². The quantitative estimate of drug-likeness (QED) is 0.180. The average Bonchev–Trinajstić information content (AvgIpc) is 3.82. The summed E-state index contributed by atoms with van der Waals surface area (Å²) in [5.74, 6) is 0. The summed E-state index contributed by atoms with van der Waals surface area (Å²) < 4.78 is 8.79. The van der Waals surface area contributed by atoms with E-state index in [0.29, 0.717) is 0 Å². The van der Waals surface area contributed by atoms with E-state index in [9.17, 15) is 0 Å². The van der Waals surface area contributed by atoms with E-state index < -0.39 is 0 Å². The molecule has 58 heavy (non-hydrogen) atoms. The maximum absolute atomic E-state index is 6.40. The molecule has 12 rings (SSSR count). The molecular weight excluding hydrogens is 707 g/mol. The molecule has 0 radical (unpaired) electrons. The van der Waals surface area contributed by atoms with E-state index in [4.69, 9.17) is 4.42 Å². The zero-order valence-electron chi connectivity index (χ0n) is 31.5. The number of para-hydroxylation sites is 3. The van der Waals surface area contributed by atoms with Crippen LogP contribution in [0.4, 0.5) is 34.1 Å². The summed E-state index contributed by atoms with van der Waals surface area (Å²) in [6, 6.07) is 76.7. The van der Waals surface area contributed by atoms with E-state index in [0.717, 1.165) is 89.5 Å². The molecule has 4 nitrogen and oxygen atoms in total. The fraction of sp³-hybridized carbons (Fsp3) is 0. The normalized spacial score (nSPS) is 12.4. The molecule has 0 saturated heterocycles. The van der Waals surface area contributed by atoms with Crippen LogP contribution in [0.3, 0.4) is 0 Å². The monoisotopic (exact) mass is 741 g/mol. The van der Waals surface area contributed by atoms with Gasteiger partial charge in [0.15, 0.2) is 0 Å². The molecule has 0 atom stereocenters. The Morgan fingerprint density at radius 3 is 1.29 bits per heavy atom. The molecule has 0 fully saturated rings. The zero-order valence-corrected chi connectivity index (χ0v) is 31.5. The molecular formula is C54H35N3O. The molecule has 0 amide bonds. The van der Waals surface area contributed by atoms with E-state index in [1.807, 2.05) is 12.1 Å². The molecule has 0 unspecified atom stereocenters. The van der Waals surface area contributed by atoms with Gasteiger partial charge in [0.25, 0.3) is 0 Å². The zero-order chi connectivity index (χ0) is 38.2. The van der Waals surface area contributed by atoms with E-state index in [1.54, 1.807) is 0 Å². The van der Waals surface area contributed by atoms with Crippen LogP contribution >= 0.6 is 0 Å².